The van der Waals surface area contributed by atoms with Crippen molar-refractivity contribution < 1.29 is 14.8 Å². The van der Waals surface area contributed by atoms with Crippen molar-refractivity contribution in [2.24, 2.45) is 0 Å². The van der Waals surface area contributed by atoms with Crippen molar-refractivity contribution >= 4 is 34.8 Å². The molecule has 0 spiro atoms. The summed E-state index contributed by atoms with van der Waals surface area (Å²) < 4.78 is 0.794. The highest BCUT2D eigenvalue weighted by atomic mass is 32.2. The van der Waals surface area contributed by atoms with E-state index in [-0.39, 0.29) is 11.3 Å². The number of hydrogen-bond donors (Lipinski definition) is 1. The largest absolute Gasteiger partial charge is 0.477 e. The molecule has 0 saturated carbocycles. The van der Waals surface area contributed by atoms with Crippen LogP contribution < -0.4 is 0 Å². The number of nitrogens with zero attached hydrogens (tertiary/aromatic N) is 2. The molecule has 0 aliphatic rings. The smallest absolute Gasteiger partial charge is 0.343 e. The minimum Gasteiger partial charge on any atom is -0.477 e. The van der Waals surface area contributed by atoms with E-state index in [2.05, 4.69) is 4.98 Å². The van der Waals surface area contributed by atoms with Gasteiger partial charge < -0.3 is 5.11 Å². The summed E-state index contributed by atoms with van der Waals surface area (Å²) in [5.41, 5.74) is -0.219. The predicted octanol–water partition coefficient (Wildman–Crippen LogP) is 3.04. The molecule has 1 heterocycles. The molecule has 1 N–H and O–H groups in total. The Morgan fingerprint density at radius 1 is 1.53 bits per heavy atom. The van der Waals surface area contributed by atoms with Gasteiger partial charge in [-0.2, -0.15) is 0 Å². The first-order valence-electron chi connectivity index (χ1n) is 5.11. The predicted molar refractivity (Wildman–Crippen MR) is 71.7 cm³/mol. The van der Waals surface area contributed by atoms with Crippen molar-refractivity contribution in [2.75, 3.05) is 0 Å². The molecule has 6 nitrogen and oxygen atoms in total. The molecule has 0 fully saturated rings. The van der Waals surface area contributed by atoms with Crippen LogP contribution in [0.1, 0.15) is 15.9 Å². The second kappa shape index (κ2) is 5.81. The van der Waals surface area contributed by atoms with Crippen LogP contribution in [0, 0.1) is 10.1 Å². The van der Waals surface area contributed by atoms with E-state index in [9.17, 15) is 14.9 Å². The van der Waals surface area contributed by atoms with Gasteiger partial charge in [0.2, 0.25) is 0 Å². The van der Waals surface area contributed by atoms with Crippen molar-refractivity contribution in [1.29, 1.82) is 0 Å². The van der Waals surface area contributed by atoms with Gasteiger partial charge in [0.15, 0.2) is 0 Å². The molecular weight excluding hydrogens is 288 g/mol. The highest BCUT2D eigenvalue weighted by Gasteiger charge is 2.23. The number of thiazole rings is 1. The quantitative estimate of drug-likeness (QED) is 0.518. The van der Waals surface area contributed by atoms with E-state index in [1.54, 1.807) is 12.3 Å². The number of aromatic carboxylic acids is 1. The molecule has 0 amide bonds. The van der Waals surface area contributed by atoms with Gasteiger partial charge in [-0.3, -0.25) is 10.1 Å². The lowest BCUT2D eigenvalue weighted by Gasteiger charge is -2.05. The average molecular weight is 296 g/mol. The first-order valence-corrected chi connectivity index (χ1v) is 6.98. The lowest BCUT2D eigenvalue weighted by Crippen LogP contribution is -2.06. The van der Waals surface area contributed by atoms with Crippen molar-refractivity contribution in [3.05, 3.63) is 51.0 Å². The van der Waals surface area contributed by atoms with E-state index >= 15 is 0 Å². The molecule has 0 bridgehead atoms. The molecule has 0 radical (unpaired) electrons. The second-order valence-corrected chi connectivity index (χ2v) is 5.58. The fourth-order valence-electron chi connectivity index (χ4n) is 1.53. The van der Waals surface area contributed by atoms with Gasteiger partial charge in [0, 0.05) is 23.4 Å². The molecule has 1 aromatic heterocycles. The van der Waals surface area contributed by atoms with Crippen molar-refractivity contribution in [3.63, 3.8) is 0 Å². The zero-order valence-electron chi connectivity index (χ0n) is 9.48. The van der Waals surface area contributed by atoms with E-state index < -0.39 is 10.9 Å². The Balaban J connectivity index is 2.31. The van der Waals surface area contributed by atoms with Crippen LogP contribution in [0.2, 0.25) is 0 Å². The maximum atomic E-state index is 11.2. The van der Waals surface area contributed by atoms with Gasteiger partial charge >= 0.3 is 5.97 Å². The molecule has 0 unspecified atom stereocenters. The van der Waals surface area contributed by atoms with Crippen molar-refractivity contribution in [2.45, 2.75) is 10.1 Å². The third kappa shape index (κ3) is 3.09. The van der Waals surface area contributed by atoms with Crippen molar-refractivity contribution in [3.8, 4) is 0 Å². The number of benzene rings is 1. The van der Waals surface area contributed by atoms with E-state index in [4.69, 9.17) is 5.11 Å². The summed E-state index contributed by atoms with van der Waals surface area (Å²) in [7, 11) is 0. The van der Waals surface area contributed by atoms with Crippen LogP contribution in [0.3, 0.4) is 0 Å². The molecule has 8 heteroatoms. The fraction of sp³-hybridized carbons (Fsp3) is 0.0909. The molecule has 2 aromatic rings. The molecule has 2 rings (SSSR count). The van der Waals surface area contributed by atoms with Crippen LogP contribution in [-0.4, -0.2) is 21.0 Å². The van der Waals surface area contributed by atoms with Crippen LogP contribution in [0.25, 0.3) is 0 Å². The Morgan fingerprint density at radius 3 is 2.89 bits per heavy atom. The van der Waals surface area contributed by atoms with Gasteiger partial charge in [-0.25, -0.2) is 9.78 Å². The zero-order chi connectivity index (χ0) is 13.8. The van der Waals surface area contributed by atoms with Crippen LogP contribution in [0.5, 0.6) is 0 Å². The summed E-state index contributed by atoms with van der Waals surface area (Å²) in [6.07, 6.45) is 1.65. The normalized spacial score (nSPS) is 10.3. The SMILES string of the molecule is O=C(O)c1c(CSc2nccs2)cccc1[N+](=O)[O-]. The number of nitro benzene ring substituents is 1. The van der Waals surface area contributed by atoms with Crippen LogP contribution in [-0.2, 0) is 5.75 Å². The number of carboxylic acids is 1. The van der Waals surface area contributed by atoms with Gasteiger partial charge in [0.25, 0.3) is 5.69 Å². The maximum absolute atomic E-state index is 11.2. The Morgan fingerprint density at radius 2 is 2.32 bits per heavy atom. The van der Waals surface area contributed by atoms with Crippen LogP contribution >= 0.6 is 23.1 Å². The highest BCUT2D eigenvalue weighted by Crippen LogP contribution is 2.29. The molecule has 19 heavy (non-hydrogen) atoms. The molecular formula is C11H8N2O4S2. The Hall–Kier alpha value is -1.93. The standard InChI is InChI=1S/C11H8N2O4S2/c14-10(15)9-7(2-1-3-8(9)13(16)17)6-19-11-12-4-5-18-11/h1-5H,6H2,(H,14,15). The van der Waals surface area contributed by atoms with Gasteiger partial charge in [-0.05, 0) is 5.56 Å². The topological polar surface area (TPSA) is 93.3 Å². The highest BCUT2D eigenvalue weighted by molar-refractivity contribution is 8.00. The second-order valence-electron chi connectivity index (χ2n) is 3.46. The Labute approximate surface area is 116 Å². The zero-order valence-corrected chi connectivity index (χ0v) is 11.1. The monoisotopic (exact) mass is 296 g/mol. The number of thioether (sulfide) groups is 1. The lowest BCUT2D eigenvalue weighted by atomic mass is 10.1. The molecule has 0 saturated heterocycles. The third-order valence-corrected chi connectivity index (χ3v) is 4.31. The number of rotatable bonds is 5. The summed E-state index contributed by atoms with van der Waals surface area (Å²) >= 11 is 2.79. The first kappa shape index (κ1) is 13.5. The summed E-state index contributed by atoms with van der Waals surface area (Å²) in [6.45, 7) is 0. The molecule has 0 aliphatic heterocycles. The number of carboxylic acid groups (broad SMARTS) is 1. The molecule has 0 atom stereocenters. The van der Waals surface area contributed by atoms with Gasteiger partial charge in [-0.1, -0.05) is 23.9 Å². The summed E-state index contributed by atoms with van der Waals surface area (Å²) in [6, 6.07) is 4.26. The molecule has 98 valence electrons. The van der Waals surface area contributed by atoms with E-state index in [0.717, 1.165) is 4.34 Å². The minimum absolute atomic E-state index is 0.253. The Bertz CT molecular complexity index is 613. The summed E-state index contributed by atoms with van der Waals surface area (Å²) in [5.74, 6) is -0.960. The number of hydrogen-bond acceptors (Lipinski definition) is 6. The lowest BCUT2D eigenvalue weighted by molar-refractivity contribution is -0.385. The van der Waals surface area contributed by atoms with E-state index in [1.807, 2.05) is 5.38 Å². The van der Waals surface area contributed by atoms with Gasteiger partial charge in [0.05, 0.1) is 4.92 Å². The van der Waals surface area contributed by atoms with Crippen LogP contribution in [0.4, 0.5) is 5.69 Å². The number of nitro groups is 1. The first-order chi connectivity index (χ1) is 9.09. The van der Waals surface area contributed by atoms with Crippen molar-refractivity contribution in [1.82, 2.24) is 4.98 Å². The number of aromatic nitrogens is 1. The summed E-state index contributed by atoms with van der Waals surface area (Å²) in [5, 5.41) is 21.8. The average Bonchev–Trinajstić information content (AvgIpc) is 2.88. The number of carbonyl (C=O) groups is 1. The van der Waals surface area contributed by atoms with Gasteiger partial charge in [0.1, 0.15) is 9.90 Å². The maximum Gasteiger partial charge on any atom is 0.343 e. The van der Waals surface area contributed by atoms with Gasteiger partial charge in [-0.15, -0.1) is 11.3 Å². The fourth-order valence-corrected chi connectivity index (χ4v) is 3.16. The molecule has 0 aliphatic carbocycles. The van der Waals surface area contributed by atoms with Crippen LogP contribution in [0.15, 0.2) is 34.1 Å². The minimum atomic E-state index is -1.29. The third-order valence-electron chi connectivity index (χ3n) is 2.30. The Kier molecular flexibility index (Phi) is 4.13. The molecule has 1 aromatic carbocycles. The van der Waals surface area contributed by atoms with E-state index in [1.165, 1.54) is 35.2 Å². The summed E-state index contributed by atoms with van der Waals surface area (Å²) in [4.78, 5) is 25.4. The van der Waals surface area contributed by atoms with E-state index in [0.29, 0.717) is 11.3 Å².